The molecule has 2 aliphatic rings. The minimum Gasteiger partial charge on any atom is -0.453 e. The predicted octanol–water partition coefficient (Wildman–Crippen LogP) is 2.07. The van der Waals surface area contributed by atoms with Crippen molar-refractivity contribution in [3.8, 4) is 11.5 Å². The van der Waals surface area contributed by atoms with Gasteiger partial charge in [-0.25, -0.2) is 0 Å². The third kappa shape index (κ3) is 1.47. The molecule has 1 aliphatic carbocycles. The van der Waals surface area contributed by atoms with Crippen molar-refractivity contribution in [3.63, 3.8) is 0 Å². The van der Waals surface area contributed by atoms with Gasteiger partial charge in [-0.2, -0.15) is 0 Å². The minimum absolute atomic E-state index is 0.0153. The van der Waals surface area contributed by atoms with Gasteiger partial charge in [-0.3, -0.25) is 0 Å². The number of hydrogen-bond acceptors (Lipinski definition) is 3. The largest absolute Gasteiger partial charge is 0.453 e. The Morgan fingerprint density at radius 3 is 2.62 bits per heavy atom. The maximum atomic E-state index is 6.16. The highest BCUT2D eigenvalue weighted by Gasteiger charge is 2.39. The molecule has 1 aromatic carbocycles. The van der Waals surface area contributed by atoms with E-state index < -0.39 is 0 Å². The number of benzene rings is 1. The fourth-order valence-electron chi connectivity index (χ4n) is 2.26. The Balaban J connectivity index is 2.04. The highest BCUT2D eigenvalue weighted by Crippen LogP contribution is 2.44. The van der Waals surface area contributed by atoms with Crippen molar-refractivity contribution in [2.45, 2.75) is 38.6 Å². The summed E-state index contributed by atoms with van der Waals surface area (Å²) in [5.74, 6) is 1.83. The number of aryl methyl sites for hydroxylation is 1. The lowest BCUT2D eigenvalue weighted by atomic mass is 9.98. The van der Waals surface area contributed by atoms with E-state index in [4.69, 9.17) is 15.2 Å². The first kappa shape index (κ1) is 9.97. The summed E-state index contributed by atoms with van der Waals surface area (Å²) < 4.78 is 11.1. The second kappa shape index (κ2) is 3.14. The molecule has 16 heavy (non-hydrogen) atoms. The van der Waals surface area contributed by atoms with Crippen molar-refractivity contribution in [1.82, 2.24) is 0 Å². The Labute approximate surface area is 95.5 Å². The molecule has 1 aliphatic heterocycles. The molecule has 1 aromatic rings. The Bertz CT molecular complexity index is 450. The van der Waals surface area contributed by atoms with Crippen LogP contribution in [0.4, 0.5) is 0 Å². The van der Waals surface area contributed by atoms with Crippen LogP contribution in [0.15, 0.2) is 6.07 Å². The second-order valence-corrected chi connectivity index (χ2v) is 5.08. The molecule has 1 heterocycles. The zero-order chi connectivity index (χ0) is 11.3. The van der Waals surface area contributed by atoms with Crippen molar-refractivity contribution >= 4 is 0 Å². The van der Waals surface area contributed by atoms with Crippen LogP contribution in [0.1, 0.15) is 29.5 Å². The van der Waals surface area contributed by atoms with E-state index >= 15 is 0 Å². The van der Waals surface area contributed by atoms with Crippen LogP contribution in [0.2, 0.25) is 0 Å². The van der Waals surface area contributed by atoms with Crippen molar-refractivity contribution in [3.05, 3.63) is 22.8 Å². The lowest BCUT2D eigenvalue weighted by Crippen LogP contribution is -2.24. The van der Waals surface area contributed by atoms with Gasteiger partial charge >= 0.3 is 0 Å². The summed E-state index contributed by atoms with van der Waals surface area (Å²) in [5.41, 5.74) is 9.82. The van der Waals surface area contributed by atoms with E-state index in [0.717, 1.165) is 30.8 Å². The number of nitrogens with two attached hydrogens (primary N) is 1. The summed E-state index contributed by atoms with van der Waals surface area (Å²) in [6, 6.07) is 2.19. The standard InChI is InChI=1S/C13H17NO2/c1-8-5-10(6-13(14)3-4-13)12-11(9(8)2)15-7-16-12/h5H,3-4,6-7,14H2,1-2H3. The van der Waals surface area contributed by atoms with Crippen LogP contribution in [-0.4, -0.2) is 12.3 Å². The average molecular weight is 219 g/mol. The number of ether oxygens (including phenoxy) is 2. The molecule has 0 radical (unpaired) electrons. The molecule has 0 unspecified atom stereocenters. The van der Waals surface area contributed by atoms with E-state index in [1.807, 2.05) is 0 Å². The van der Waals surface area contributed by atoms with Crippen molar-refractivity contribution in [2.75, 3.05) is 6.79 Å². The van der Waals surface area contributed by atoms with Crippen LogP contribution in [0.5, 0.6) is 11.5 Å². The van der Waals surface area contributed by atoms with Gasteiger partial charge in [0.25, 0.3) is 0 Å². The Hall–Kier alpha value is -1.22. The van der Waals surface area contributed by atoms with Gasteiger partial charge in [0.1, 0.15) is 0 Å². The SMILES string of the molecule is Cc1cc(CC2(N)CC2)c2c(c1C)OCO2. The van der Waals surface area contributed by atoms with Crippen molar-refractivity contribution in [1.29, 1.82) is 0 Å². The van der Waals surface area contributed by atoms with Crippen LogP contribution in [-0.2, 0) is 6.42 Å². The number of rotatable bonds is 2. The molecule has 0 spiro atoms. The fourth-order valence-corrected chi connectivity index (χ4v) is 2.26. The zero-order valence-electron chi connectivity index (χ0n) is 9.80. The first-order valence-electron chi connectivity index (χ1n) is 5.77. The summed E-state index contributed by atoms with van der Waals surface area (Å²) >= 11 is 0. The Morgan fingerprint density at radius 1 is 1.25 bits per heavy atom. The molecule has 2 N–H and O–H groups in total. The number of hydrogen-bond donors (Lipinski definition) is 1. The second-order valence-electron chi connectivity index (χ2n) is 5.08. The van der Waals surface area contributed by atoms with Gasteiger partial charge in [0.15, 0.2) is 11.5 Å². The van der Waals surface area contributed by atoms with Crippen LogP contribution in [0.3, 0.4) is 0 Å². The lowest BCUT2D eigenvalue weighted by Gasteiger charge is -2.13. The zero-order valence-corrected chi connectivity index (χ0v) is 9.80. The molecule has 0 saturated heterocycles. The molecule has 1 fully saturated rings. The average Bonchev–Trinajstić information content (AvgIpc) is 2.81. The number of fused-ring (bicyclic) bond motifs is 1. The molecular formula is C13H17NO2. The van der Waals surface area contributed by atoms with Crippen LogP contribution < -0.4 is 15.2 Å². The van der Waals surface area contributed by atoms with Gasteiger partial charge in [0, 0.05) is 11.1 Å². The first-order chi connectivity index (χ1) is 7.59. The van der Waals surface area contributed by atoms with E-state index in [2.05, 4.69) is 19.9 Å². The molecule has 3 nitrogen and oxygen atoms in total. The van der Waals surface area contributed by atoms with Gasteiger partial charge in [-0.05, 0) is 44.2 Å². The summed E-state index contributed by atoms with van der Waals surface area (Å²) in [4.78, 5) is 0. The Morgan fingerprint density at radius 2 is 1.94 bits per heavy atom. The predicted molar refractivity (Wildman–Crippen MR) is 61.9 cm³/mol. The Kier molecular flexibility index (Phi) is 1.96. The van der Waals surface area contributed by atoms with Gasteiger partial charge in [0.05, 0.1) is 0 Å². The topological polar surface area (TPSA) is 44.5 Å². The maximum Gasteiger partial charge on any atom is 0.231 e. The highest BCUT2D eigenvalue weighted by molar-refractivity contribution is 5.56. The molecule has 0 bridgehead atoms. The van der Waals surface area contributed by atoms with Crippen LogP contribution in [0.25, 0.3) is 0 Å². The first-order valence-corrected chi connectivity index (χ1v) is 5.77. The summed E-state index contributed by atoms with van der Waals surface area (Å²) in [5, 5.41) is 0. The lowest BCUT2D eigenvalue weighted by molar-refractivity contribution is 0.172. The minimum atomic E-state index is 0.0153. The van der Waals surface area contributed by atoms with Gasteiger partial charge in [0.2, 0.25) is 6.79 Å². The molecule has 1 saturated carbocycles. The van der Waals surface area contributed by atoms with E-state index in [1.54, 1.807) is 0 Å². The molecule has 0 amide bonds. The van der Waals surface area contributed by atoms with E-state index in [1.165, 1.54) is 16.7 Å². The van der Waals surface area contributed by atoms with Gasteiger partial charge in [-0.1, -0.05) is 6.07 Å². The molecular weight excluding hydrogens is 202 g/mol. The fraction of sp³-hybridized carbons (Fsp3) is 0.538. The molecule has 86 valence electrons. The van der Waals surface area contributed by atoms with E-state index in [0.29, 0.717) is 6.79 Å². The van der Waals surface area contributed by atoms with E-state index in [-0.39, 0.29) is 5.54 Å². The smallest absolute Gasteiger partial charge is 0.231 e. The molecule has 3 rings (SSSR count). The van der Waals surface area contributed by atoms with Crippen molar-refractivity contribution < 1.29 is 9.47 Å². The van der Waals surface area contributed by atoms with Crippen LogP contribution >= 0.6 is 0 Å². The summed E-state index contributed by atoms with van der Waals surface area (Å²) in [6.45, 7) is 4.52. The quantitative estimate of drug-likeness (QED) is 0.828. The normalized spacial score (nSPS) is 19.9. The monoisotopic (exact) mass is 219 g/mol. The van der Waals surface area contributed by atoms with Gasteiger partial charge < -0.3 is 15.2 Å². The van der Waals surface area contributed by atoms with Crippen molar-refractivity contribution in [2.24, 2.45) is 5.73 Å². The maximum absolute atomic E-state index is 6.16. The summed E-state index contributed by atoms with van der Waals surface area (Å²) in [6.07, 6.45) is 3.14. The third-order valence-corrected chi connectivity index (χ3v) is 3.66. The highest BCUT2D eigenvalue weighted by atomic mass is 16.7. The van der Waals surface area contributed by atoms with Crippen LogP contribution in [0, 0.1) is 13.8 Å². The molecule has 0 atom stereocenters. The molecule has 0 aromatic heterocycles. The van der Waals surface area contributed by atoms with Gasteiger partial charge in [-0.15, -0.1) is 0 Å². The third-order valence-electron chi connectivity index (χ3n) is 3.66. The summed E-state index contributed by atoms with van der Waals surface area (Å²) in [7, 11) is 0. The van der Waals surface area contributed by atoms with E-state index in [9.17, 15) is 0 Å². The molecule has 3 heteroatoms.